The van der Waals surface area contributed by atoms with Crippen molar-refractivity contribution in [3.63, 3.8) is 0 Å². The summed E-state index contributed by atoms with van der Waals surface area (Å²) >= 11 is 1.86. The summed E-state index contributed by atoms with van der Waals surface area (Å²) in [5.41, 5.74) is 11.7. The summed E-state index contributed by atoms with van der Waals surface area (Å²) in [6.45, 7) is 4.63. The van der Waals surface area contributed by atoms with Crippen LogP contribution in [0.4, 0.5) is 0 Å². The first-order valence-electron chi connectivity index (χ1n) is 15.1. The molecule has 2 aromatic heterocycles. The molecule has 2 heterocycles. The van der Waals surface area contributed by atoms with Crippen LogP contribution in [-0.2, 0) is 5.41 Å². The van der Waals surface area contributed by atoms with Gasteiger partial charge in [-0.25, -0.2) is 9.97 Å². The van der Waals surface area contributed by atoms with Crippen LogP contribution in [0.2, 0.25) is 0 Å². The summed E-state index contributed by atoms with van der Waals surface area (Å²) < 4.78 is 2.64. The van der Waals surface area contributed by atoms with E-state index in [1.54, 1.807) is 0 Å². The third-order valence-corrected chi connectivity index (χ3v) is 10.5. The van der Waals surface area contributed by atoms with Gasteiger partial charge in [-0.15, -0.1) is 11.3 Å². The van der Waals surface area contributed by atoms with Crippen LogP contribution in [0.15, 0.2) is 133 Å². The zero-order valence-electron chi connectivity index (χ0n) is 24.5. The van der Waals surface area contributed by atoms with Crippen molar-refractivity contribution in [3.8, 4) is 44.9 Å². The van der Waals surface area contributed by atoms with E-state index in [0.29, 0.717) is 0 Å². The lowest BCUT2D eigenvalue weighted by Gasteiger charge is -2.21. The molecule has 0 N–H and O–H groups in total. The van der Waals surface area contributed by atoms with Gasteiger partial charge in [0.2, 0.25) is 0 Å². The maximum Gasteiger partial charge on any atom is 0.161 e. The molecule has 0 amide bonds. The summed E-state index contributed by atoms with van der Waals surface area (Å²) in [6, 6.07) is 48.0. The molecule has 2 nitrogen and oxygen atoms in total. The highest BCUT2D eigenvalue weighted by Crippen LogP contribution is 2.51. The number of fused-ring (bicyclic) bond motifs is 7. The van der Waals surface area contributed by atoms with Gasteiger partial charge in [0.1, 0.15) is 0 Å². The van der Waals surface area contributed by atoms with E-state index in [1.165, 1.54) is 53.6 Å². The van der Waals surface area contributed by atoms with Crippen LogP contribution in [-0.4, -0.2) is 9.97 Å². The lowest BCUT2D eigenvalue weighted by molar-refractivity contribution is 0.660. The van der Waals surface area contributed by atoms with Crippen molar-refractivity contribution >= 4 is 42.4 Å². The summed E-state index contributed by atoms with van der Waals surface area (Å²) in [4.78, 5) is 10.5. The minimum absolute atomic E-state index is 0.0753. The van der Waals surface area contributed by atoms with Crippen LogP contribution in [0, 0.1) is 0 Å². The van der Waals surface area contributed by atoms with Gasteiger partial charge in [0, 0.05) is 42.1 Å². The molecule has 8 aromatic rings. The van der Waals surface area contributed by atoms with Gasteiger partial charge in [0.05, 0.1) is 11.2 Å². The summed E-state index contributed by atoms with van der Waals surface area (Å²) in [5, 5.41) is 3.71. The van der Waals surface area contributed by atoms with E-state index < -0.39 is 0 Å². The number of hydrogen-bond donors (Lipinski definition) is 0. The molecule has 0 spiro atoms. The van der Waals surface area contributed by atoms with Gasteiger partial charge in [0.25, 0.3) is 0 Å². The highest BCUT2D eigenvalue weighted by atomic mass is 32.1. The predicted octanol–water partition coefficient (Wildman–Crippen LogP) is 11.3. The second kappa shape index (κ2) is 9.44. The Morgan fingerprint density at radius 2 is 1.14 bits per heavy atom. The maximum absolute atomic E-state index is 5.32. The molecule has 0 bridgehead atoms. The van der Waals surface area contributed by atoms with Crippen LogP contribution in [0.3, 0.4) is 0 Å². The molecule has 0 saturated carbocycles. The molecule has 9 rings (SSSR count). The van der Waals surface area contributed by atoms with Crippen molar-refractivity contribution in [1.29, 1.82) is 0 Å². The van der Waals surface area contributed by atoms with E-state index in [-0.39, 0.29) is 5.41 Å². The summed E-state index contributed by atoms with van der Waals surface area (Å²) in [5.74, 6) is 0.765. The zero-order chi connectivity index (χ0) is 29.4. The molecule has 44 heavy (non-hydrogen) atoms. The molecule has 0 aliphatic heterocycles. The lowest BCUT2D eigenvalue weighted by Crippen LogP contribution is -2.14. The van der Waals surface area contributed by atoms with Crippen molar-refractivity contribution < 1.29 is 0 Å². The second-order valence-corrected chi connectivity index (χ2v) is 13.2. The van der Waals surface area contributed by atoms with Crippen LogP contribution in [0.5, 0.6) is 0 Å². The zero-order valence-corrected chi connectivity index (χ0v) is 25.3. The Hall–Kier alpha value is -5.12. The predicted molar refractivity (Wildman–Crippen MR) is 186 cm³/mol. The number of para-hydroxylation sites is 1. The molecule has 3 heteroatoms. The molecule has 208 valence electrons. The first kappa shape index (κ1) is 25.4. The van der Waals surface area contributed by atoms with Crippen molar-refractivity contribution in [1.82, 2.24) is 9.97 Å². The first-order valence-corrected chi connectivity index (χ1v) is 15.9. The van der Waals surface area contributed by atoms with Gasteiger partial charge in [-0.2, -0.15) is 0 Å². The van der Waals surface area contributed by atoms with E-state index in [0.717, 1.165) is 33.5 Å². The quantitative estimate of drug-likeness (QED) is 0.208. The Morgan fingerprint density at radius 3 is 2.02 bits per heavy atom. The van der Waals surface area contributed by atoms with Crippen LogP contribution in [0.1, 0.15) is 25.0 Å². The van der Waals surface area contributed by atoms with Gasteiger partial charge in [0.15, 0.2) is 5.82 Å². The Morgan fingerprint density at radius 1 is 0.500 bits per heavy atom. The monoisotopic (exact) mass is 580 g/mol. The van der Waals surface area contributed by atoms with Gasteiger partial charge < -0.3 is 0 Å². The van der Waals surface area contributed by atoms with E-state index in [1.807, 2.05) is 11.3 Å². The van der Waals surface area contributed by atoms with Gasteiger partial charge in [-0.3, -0.25) is 0 Å². The molecule has 6 aromatic carbocycles. The Balaban J connectivity index is 1.21. The van der Waals surface area contributed by atoms with Crippen molar-refractivity contribution in [3.05, 3.63) is 145 Å². The molecular weight excluding hydrogens is 553 g/mol. The fourth-order valence-corrected chi connectivity index (χ4v) is 8.31. The third kappa shape index (κ3) is 3.66. The average Bonchev–Trinajstić information content (AvgIpc) is 3.57. The minimum Gasteiger partial charge on any atom is -0.228 e. The van der Waals surface area contributed by atoms with E-state index in [2.05, 4.69) is 147 Å². The molecule has 1 aliphatic carbocycles. The van der Waals surface area contributed by atoms with E-state index in [9.17, 15) is 0 Å². The molecule has 0 atom stereocenters. The number of aromatic nitrogens is 2. The van der Waals surface area contributed by atoms with Crippen molar-refractivity contribution in [2.45, 2.75) is 19.3 Å². The van der Waals surface area contributed by atoms with E-state index >= 15 is 0 Å². The molecule has 0 fully saturated rings. The number of rotatable bonds is 3. The summed E-state index contributed by atoms with van der Waals surface area (Å²) in [6.07, 6.45) is 0. The highest BCUT2D eigenvalue weighted by molar-refractivity contribution is 7.25. The Labute approximate surface area is 260 Å². The minimum atomic E-state index is -0.0753. The molecule has 1 aliphatic rings. The second-order valence-electron chi connectivity index (χ2n) is 12.2. The third-order valence-electron chi connectivity index (χ3n) is 9.32. The SMILES string of the molecule is CC1(C)c2ccccc2-c2c(-c3nc(-c4ccc(-c5cccc6sc7ccccc7c56)cc4)c4ccccc4n3)cccc21. The topological polar surface area (TPSA) is 25.8 Å². The van der Waals surface area contributed by atoms with Crippen molar-refractivity contribution in [2.24, 2.45) is 0 Å². The van der Waals surface area contributed by atoms with Gasteiger partial charge in [-0.05, 0) is 51.6 Å². The van der Waals surface area contributed by atoms with Gasteiger partial charge >= 0.3 is 0 Å². The smallest absolute Gasteiger partial charge is 0.161 e. The first-order chi connectivity index (χ1) is 21.6. The highest BCUT2D eigenvalue weighted by Gasteiger charge is 2.37. The number of nitrogens with zero attached hydrogens (tertiary/aromatic N) is 2. The standard InChI is InChI=1S/C41H28N2S/c1-41(2)32-16-6-3-11-28(32)37-31(15-9-17-33(37)41)40-42-34-18-7-4-12-29(34)39(43-40)26-23-21-25(22-24-26)27-14-10-20-36-38(27)30-13-5-8-19-35(30)44-36/h3-24H,1-2H3. The molecule has 0 unspecified atom stereocenters. The number of hydrogen-bond acceptors (Lipinski definition) is 3. The fraction of sp³-hybridized carbons (Fsp3) is 0.0732. The number of thiophene rings is 1. The molecular formula is C41H28N2S. The Kier molecular flexibility index (Phi) is 5.45. The normalized spacial score (nSPS) is 13.4. The summed E-state index contributed by atoms with van der Waals surface area (Å²) in [7, 11) is 0. The van der Waals surface area contributed by atoms with Crippen LogP contribution >= 0.6 is 11.3 Å². The van der Waals surface area contributed by atoms with E-state index in [4.69, 9.17) is 9.97 Å². The molecule has 0 saturated heterocycles. The van der Waals surface area contributed by atoms with Crippen LogP contribution in [0.25, 0.3) is 76.0 Å². The van der Waals surface area contributed by atoms with Gasteiger partial charge in [-0.1, -0.05) is 129 Å². The molecule has 0 radical (unpaired) electrons. The Bertz CT molecular complexity index is 2410. The lowest BCUT2D eigenvalue weighted by atomic mass is 9.82. The van der Waals surface area contributed by atoms with Crippen LogP contribution < -0.4 is 0 Å². The largest absolute Gasteiger partial charge is 0.228 e. The average molecular weight is 581 g/mol. The fourth-order valence-electron chi connectivity index (χ4n) is 7.18. The number of benzene rings is 6. The van der Waals surface area contributed by atoms with Crippen molar-refractivity contribution in [2.75, 3.05) is 0 Å². The maximum atomic E-state index is 5.32.